The van der Waals surface area contributed by atoms with E-state index in [1.54, 1.807) is 105 Å². The Labute approximate surface area is 357 Å². The van der Waals surface area contributed by atoms with Gasteiger partial charge in [-0.05, 0) is 118 Å². The first-order chi connectivity index (χ1) is 28.7. The third kappa shape index (κ3) is 31.7. The van der Waals surface area contributed by atoms with Crippen molar-refractivity contribution in [1.29, 1.82) is 0 Å². The van der Waals surface area contributed by atoms with Gasteiger partial charge in [-0.15, -0.1) is 0 Å². The molecule has 0 amide bonds. The number of hydrogen-bond acceptors (Lipinski definition) is 14. The lowest BCUT2D eigenvalue weighted by Gasteiger charge is -2.02. The second-order valence-electron chi connectivity index (χ2n) is 10.5. The SMILES string of the molecule is CCOc1ccc(O)cc1.CCOc1ccccc1.CCOc1ccccc1O.COc1ccc(O)cc1.COc1ccccc1.COc1ccccc1O.O.O.OO.OO. The quantitative estimate of drug-likeness (QED) is 0.0500. The van der Waals surface area contributed by atoms with Crippen LogP contribution in [0.2, 0.25) is 0 Å². The van der Waals surface area contributed by atoms with Crippen molar-refractivity contribution in [2.75, 3.05) is 41.2 Å². The highest BCUT2D eigenvalue weighted by Crippen LogP contribution is 2.24. The van der Waals surface area contributed by atoms with Crippen LogP contribution in [0.4, 0.5) is 0 Å². The minimum Gasteiger partial charge on any atom is -0.508 e. The average Bonchev–Trinajstić information content (AvgIpc) is 3.29. The molecule has 0 heterocycles. The maximum atomic E-state index is 9.12. The van der Waals surface area contributed by atoms with Gasteiger partial charge >= 0.3 is 0 Å². The lowest BCUT2D eigenvalue weighted by Crippen LogP contribution is -1.90. The Kier molecular flexibility index (Phi) is 42.5. The molecule has 6 aromatic carbocycles. The van der Waals surface area contributed by atoms with Crippen molar-refractivity contribution in [3.05, 3.63) is 158 Å². The molecular formula is C45H62O16. The van der Waals surface area contributed by atoms with Crippen LogP contribution in [-0.2, 0) is 0 Å². The molecule has 0 radical (unpaired) electrons. The summed E-state index contributed by atoms with van der Waals surface area (Å²) >= 11 is 0. The number of para-hydroxylation sites is 6. The van der Waals surface area contributed by atoms with E-state index in [-0.39, 0.29) is 34.0 Å². The molecule has 0 atom stereocenters. The first kappa shape index (κ1) is 60.8. The van der Waals surface area contributed by atoms with E-state index in [0.717, 1.165) is 29.6 Å². The van der Waals surface area contributed by atoms with Crippen LogP contribution in [-0.4, -0.2) is 93.6 Å². The minimum atomic E-state index is 0. The predicted molar refractivity (Wildman–Crippen MR) is 236 cm³/mol. The summed E-state index contributed by atoms with van der Waals surface area (Å²) in [6, 6.07) is 46.5. The van der Waals surface area contributed by atoms with Crippen molar-refractivity contribution in [1.82, 2.24) is 0 Å². The van der Waals surface area contributed by atoms with E-state index in [0.29, 0.717) is 24.7 Å². The predicted octanol–water partition coefficient (Wildman–Crippen LogP) is 8.55. The summed E-state index contributed by atoms with van der Waals surface area (Å²) in [5, 5.41) is 59.8. The van der Waals surface area contributed by atoms with E-state index in [1.807, 2.05) is 87.5 Å². The molecule has 0 aliphatic heterocycles. The van der Waals surface area contributed by atoms with Crippen molar-refractivity contribution >= 4 is 0 Å². The topological polar surface area (TPSA) is 280 Å². The van der Waals surface area contributed by atoms with Crippen molar-refractivity contribution in [3.63, 3.8) is 0 Å². The molecule has 0 bridgehead atoms. The Morgan fingerprint density at radius 1 is 0.328 bits per heavy atom. The average molecular weight is 859 g/mol. The summed E-state index contributed by atoms with van der Waals surface area (Å²) in [6.45, 7) is 7.76. The van der Waals surface area contributed by atoms with Crippen molar-refractivity contribution in [2.45, 2.75) is 20.8 Å². The molecule has 16 nitrogen and oxygen atoms in total. The van der Waals surface area contributed by atoms with E-state index in [4.69, 9.17) is 69.9 Å². The van der Waals surface area contributed by atoms with Gasteiger partial charge in [-0.25, -0.2) is 0 Å². The Hall–Kier alpha value is -6.92. The van der Waals surface area contributed by atoms with E-state index < -0.39 is 0 Å². The fourth-order valence-corrected chi connectivity index (χ4v) is 3.90. The third-order valence-electron chi connectivity index (χ3n) is 6.50. The molecule has 0 aliphatic carbocycles. The molecule has 6 aromatic rings. The second kappa shape index (κ2) is 42.7. The number of ether oxygens (including phenoxy) is 6. The summed E-state index contributed by atoms with van der Waals surface area (Å²) in [6.07, 6.45) is 0. The summed E-state index contributed by atoms with van der Waals surface area (Å²) in [5.74, 6) is 5.37. The van der Waals surface area contributed by atoms with Gasteiger partial charge in [-0.3, -0.25) is 21.0 Å². The molecule has 338 valence electrons. The van der Waals surface area contributed by atoms with Crippen LogP contribution in [0.5, 0.6) is 57.5 Å². The zero-order chi connectivity index (χ0) is 44.5. The highest BCUT2D eigenvalue weighted by atomic mass is 17.0. The molecule has 16 heteroatoms. The molecule has 0 fully saturated rings. The minimum absolute atomic E-state index is 0. The summed E-state index contributed by atoms with van der Waals surface area (Å²) < 4.78 is 30.0. The van der Waals surface area contributed by atoms with Gasteiger partial charge < -0.3 is 59.8 Å². The summed E-state index contributed by atoms with van der Waals surface area (Å²) in [7, 11) is 4.77. The fourth-order valence-electron chi connectivity index (χ4n) is 3.90. The van der Waals surface area contributed by atoms with Crippen LogP contribution < -0.4 is 28.4 Å². The van der Waals surface area contributed by atoms with E-state index >= 15 is 0 Å². The Bertz CT molecular complexity index is 1780. The number of hydrogen-bond donors (Lipinski definition) is 8. The van der Waals surface area contributed by atoms with Crippen molar-refractivity contribution in [2.24, 2.45) is 0 Å². The Balaban J connectivity index is -0.000000312. The van der Waals surface area contributed by atoms with Crippen LogP contribution >= 0.6 is 0 Å². The number of phenolic OH excluding ortho intramolecular Hbond substituents is 4. The molecule has 12 N–H and O–H groups in total. The number of benzene rings is 6. The van der Waals surface area contributed by atoms with Gasteiger partial charge in [-0.2, -0.15) is 0 Å². The zero-order valence-corrected chi connectivity index (χ0v) is 35.2. The standard InChI is InChI=1S/2C8H10O2.C8H10O.2C7H8O2.C7H8O.2H2O2.2H2O/c1-2-10-8-5-3-7(9)4-6-8;1-2-10-8-6-4-3-5-7(8)9;1-2-9-8-6-4-3-5-7-8;1-9-7-4-2-6(8)3-5-7;1-9-7-5-3-2-4-6(7)8;1-8-7-5-3-2-4-6-7;2*1-2;;/h2*3-6,9H,2H2,1H3;3-7H,2H2,1H3;2*2-5,8H,1H3;2-6H,1H3;2*1-2H;2*1H2. The molecule has 0 saturated heterocycles. The third-order valence-corrected chi connectivity index (χ3v) is 6.50. The number of methoxy groups -OCH3 is 3. The number of phenols is 4. The lowest BCUT2D eigenvalue weighted by molar-refractivity contribution is -0.176. The van der Waals surface area contributed by atoms with E-state index in [1.165, 1.54) is 7.11 Å². The Morgan fingerprint density at radius 2 is 0.623 bits per heavy atom. The molecule has 61 heavy (non-hydrogen) atoms. The maximum absolute atomic E-state index is 9.12. The van der Waals surface area contributed by atoms with Gasteiger partial charge in [-0.1, -0.05) is 60.7 Å². The largest absolute Gasteiger partial charge is 0.508 e. The normalized spacial score (nSPS) is 8.36. The van der Waals surface area contributed by atoms with Crippen LogP contribution in [0, 0.1) is 0 Å². The maximum Gasteiger partial charge on any atom is 0.160 e. The van der Waals surface area contributed by atoms with Gasteiger partial charge in [0.1, 0.15) is 34.5 Å². The Morgan fingerprint density at radius 3 is 0.934 bits per heavy atom. The van der Waals surface area contributed by atoms with Gasteiger partial charge in [0, 0.05) is 0 Å². The van der Waals surface area contributed by atoms with Crippen LogP contribution in [0.25, 0.3) is 0 Å². The van der Waals surface area contributed by atoms with Gasteiger partial charge in [0.25, 0.3) is 0 Å². The second-order valence-corrected chi connectivity index (χ2v) is 10.5. The number of rotatable bonds is 9. The fraction of sp³-hybridized carbons (Fsp3) is 0.200. The lowest BCUT2D eigenvalue weighted by atomic mass is 10.3. The molecule has 0 unspecified atom stereocenters. The highest BCUT2D eigenvalue weighted by Gasteiger charge is 1.96. The molecule has 0 spiro atoms. The molecule has 0 aliphatic rings. The van der Waals surface area contributed by atoms with E-state index in [9.17, 15) is 0 Å². The van der Waals surface area contributed by atoms with Crippen molar-refractivity contribution in [3.8, 4) is 57.5 Å². The summed E-state index contributed by atoms with van der Waals surface area (Å²) in [5.41, 5.74) is 0. The van der Waals surface area contributed by atoms with Gasteiger partial charge in [0.2, 0.25) is 0 Å². The first-order valence-electron chi connectivity index (χ1n) is 17.9. The molecule has 0 aromatic heterocycles. The molecular weight excluding hydrogens is 796 g/mol. The van der Waals surface area contributed by atoms with Gasteiger partial charge in [0.05, 0.1) is 41.2 Å². The van der Waals surface area contributed by atoms with Crippen molar-refractivity contribution < 1.29 is 80.8 Å². The van der Waals surface area contributed by atoms with E-state index in [2.05, 4.69) is 0 Å². The first-order valence-corrected chi connectivity index (χ1v) is 17.9. The highest BCUT2D eigenvalue weighted by molar-refractivity contribution is 5.38. The monoisotopic (exact) mass is 858 g/mol. The molecule has 0 saturated carbocycles. The van der Waals surface area contributed by atoms with Crippen LogP contribution in [0.3, 0.4) is 0 Å². The molecule has 6 rings (SSSR count). The smallest absolute Gasteiger partial charge is 0.160 e. The zero-order valence-electron chi connectivity index (χ0n) is 35.2. The van der Waals surface area contributed by atoms with Crippen LogP contribution in [0.1, 0.15) is 20.8 Å². The number of aromatic hydroxyl groups is 4. The summed E-state index contributed by atoms with van der Waals surface area (Å²) in [4.78, 5) is 0. The van der Waals surface area contributed by atoms with Crippen LogP contribution in [0.15, 0.2) is 158 Å². The van der Waals surface area contributed by atoms with Gasteiger partial charge in [0.15, 0.2) is 23.0 Å².